The highest BCUT2D eigenvalue weighted by molar-refractivity contribution is 5.86. The van der Waals surface area contributed by atoms with Gasteiger partial charge in [-0.15, -0.1) is 0 Å². The zero-order valence-electron chi connectivity index (χ0n) is 16.0. The van der Waals surface area contributed by atoms with Crippen LogP contribution < -0.4 is 0 Å². The van der Waals surface area contributed by atoms with Gasteiger partial charge in [0.2, 0.25) is 0 Å². The molecule has 0 bridgehead atoms. The summed E-state index contributed by atoms with van der Waals surface area (Å²) in [6.45, 7) is 5.27. The number of rotatable bonds is 6. The molecule has 1 N–H and O–H groups in total. The molecule has 1 aliphatic carbocycles. The normalized spacial score (nSPS) is 14.7. The van der Waals surface area contributed by atoms with Gasteiger partial charge in [-0.3, -0.25) is 0 Å². The van der Waals surface area contributed by atoms with Crippen LogP contribution in [0.15, 0.2) is 54.6 Å². The summed E-state index contributed by atoms with van der Waals surface area (Å²) in [5, 5.41) is 9.58. The van der Waals surface area contributed by atoms with Crippen LogP contribution >= 0.6 is 0 Å². The standard InChI is InChI=1S/C24H28O3/c1-17(2)24(26)27-16-23-14-21(12-13-22(23)15-25)20-10-8-19(9-11-20)18-6-4-3-5-7-18/h8-14,18,25H,1,3-7,15-16H2,2H3. The van der Waals surface area contributed by atoms with Crippen LogP contribution in [0.2, 0.25) is 0 Å². The van der Waals surface area contributed by atoms with E-state index >= 15 is 0 Å². The van der Waals surface area contributed by atoms with Gasteiger partial charge in [0.25, 0.3) is 0 Å². The van der Waals surface area contributed by atoms with Crippen molar-refractivity contribution in [2.45, 2.75) is 58.2 Å². The Morgan fingerprint density at radius 3 is 2.33 bits per heavy atom. The third-order valence-corrected chi connectivity index (χ3v) is 5.40. The van der Waals surface area contributed by atoms with E-state index in [-0.39, 0.29) is 13.2 Å². The minimum Gasteiger partial charge on any atom is -0.457 e. The monoisotopic (exact) mass is 364 g/mol. The molecule has 27 heavy (non-hydrogen) atoms. The van der Waals surface area contributed by atoms with Crippen molar-refractivity contribution in [2.75, 3.05) is 0 Å². The molecular formula is C24H28O3. The van der Waals surface area contributed by atoms with Gasteiger partial charge >= 0.3 is 5.97 Å². The zero-order chi connectivity index (χ0) is 19.2. The molecule has 1 fully saturated rings. The van der Waals surface area contributed by atoms with E-state index in [9.17, 15) is 9.90 Å². The highest BCUT2D eigenvalue weighted by Gasteiger charge is 2.15. The molecule has 0 atom stereocenters. The van der Waals surface area contributed by atoms with E-state index in [0.29, 0.717) is 11.5 Å². The van der Waals surface area contributed by atoms with E-state index in [1.807, 2.05) is 18.2 Å². The molecule has 3 heteroatoms. The summed E-state index contributed by atoms with van der Waals surface area (Å²) >= 11 is 0. The second-order valence-electron chi connectivity index (χ2n) is 7.46. The first-order valence-corrected chi connectivity index (χ1v) is 9.74. The van der Waals surface area contributed by atoms with Crippen LogP contribution in [0.25, 0.3) is 11.1 Å². The van der Waals surface area contributed by atoms with Crippen LogP contribution in [0.1, 0.15) is 61.6 Å². The van der Waals surface area contributed by atoms with Crippen LogP contribution in [0.4, 0.5) is 0 Å². The number of aliphatic hydroxyl groups is 1. The van der Waals surface area contributed by atoms with Gasteiger partial charge in [0.05, 0.1) is 6.61 Å². The maximum absolute atomic E-state index is 11.7. The lowest BCUT2D eigenvalue weighted by Crippen LogP contribution is -2.07. The highest BCUT2D eigenvalue weighted by Crippen LogP contribution is 2.33. The van der Waals surface area contributed by atoms with Crippen LogP contribution in [0.5, 0.6) is 0 Å². The summed E-state index contributed by atoms with van der Waals surface area (Å²) in [6.07, 6.45) is 6.62. The molecule has 2 aromatic rings. The predicted molar refractivity (Wildman–Crippen MR) is 108 cm³/mol. The number of esters is 1. The maximum atomic E-state index is 11.7. The number of aliphatic hydroxyl groups excluding tert-OH is 1. The van der Waals surface area contributed by atoms with Crippen LogP contribution in [-0.4, -0.2) is 11.1 Å². The predicted octanol–water partition coefficient (Wildman–Crippen LogP) is 5.51. The molecule has 0 unspecified atom stereocenters. The Morgan fingerprint density at radius 1 is 1.04 bits per heavy atom. The molecule has 1 aliphatic rings. The molecule has 0 heterocycles. The Morgan fingerprint density at radius 2 is 1.70 bits per heavy atom. The molecule has 0 amide bonds. The van der Waals surface area contributed by atoms with Crippen LogP contribution in [0, 0.1) is 0 Å². The Balaban J connectivity index is 1.78. The average molecular weight is 364 g/mol. The molecule has 1 saturated carbocycles. The molecule has 3 rings (SSSR count). The van der Waals surface area contributed by atoms with E-state index < -0.39 is 5.97 Å². The number of carbonyl (C=O) groups excluding carboxylic acids is 1. The first kappa shape index (κ1) is 19.4. The second kappa shape index (κ2) is 9.01. The third kappa shape index (κ3) is 4.86. The van der Waals surface area contributed by atoms with E-state index in [1.54, 1.807) is 6.92 Å². The third-order valence-electron chi connectivity index (χ3n) is 5.40. The minimum absolute atomic E-state index is 0.0825. The summed E-state index contributed by atoms with van der Waals surface area (Å²) < 4.78 is 5.27. The lowest BCUT2D eigenvalue weighted by atomic mass is 9.83. The fourth-order valence-corrected chi connectivity index (χ4v) is 3.74. The number of hydrogen-bond donors (Lipinski definition) is 1. The van der Waals surface area contributed by atoms with Gasteiger partial charge in [-0.2, -0.15) is 0 Å². The SMILES string of the molecule is C=C(C)C(=O)OCc1cc(-c2ccc(C3CCCCC3)cc2)ccc1CO. The smallest absolute Gasteiger partial charge is 0.333 e. The fourth-order valence-electron chi connectivity index (χ4n) is 3.74. The number of carbonyl (C=O) groups is 1. The lowest BCUT2D eigenvalue weighted by Gasteiger charge is -2.22. The van der Waals surface area contributed by atoms with Crippen molar-refractivity contribution in [3.63, 3.8) is 0 Å². The first-order valence-electron chi connectivity index (χ1n) is 9.74. The van der Waals surface area contributed by atoms with Crippen molar-refractivity contribution in [2.24, 2.45) is 0 Å². The molecule has 2 aromatic carbocycles. The maximum Gasteiger partial charge on any atom is 0.333 e. The van der Waals surface area contributed by atoms with E-state index in [1.165, 1.54) is 37.7 Å². The second-order valence-corrected chi connectivity index (χ2v) is 7.46. The quantitative estimate of drug-likeness (QED) is 0.543. The van der Waals surface area contributed by atoms with E-state index in [2.05, 4.69) is 30.8 Å². The number of hydrogen-bond acceptors (Lipinski definition) is 3. The molecule has 3 nitrogen and oxygen atoms in total. The Hall–Kier alpha value is -2.39. The van der Waals surface area contributed by atoms with Gasteiger partial charge < -0.3 is 9.84 Å². The summed E-state index contributed by atoms with van der Waals surface area (Å²) in [5.41, 5.74) is 5.58. The largest absolute Gasteiger partial charge is 0.457 e. The van der Waals surface area contributed by atoms with Crippen molar-refractivity contribution in [3.8, 4) is 11.1 Å². The highest BCUT2D eigenvalue weighted by atomic mass is 16.5. The molecule has 0 aliphatic heterocycles. The summed E-state index contributed by atoms with van der Waals surface area (Å²) in [4.78, 5) is 11.7. The zero-order valence-corrected chi connectivity index (χ0v) is 16.0. The topological polar surface area (TPSA) is 46.5 Å². The van der Waals surface area contributed by atoms with Crippen molar-refractivity contribution in [3.05, 3.63) is 71.3 Å². The van der Waals surface area contributed by atoms with Gasteiger partial charge in [0.1, 0.15) is 6.61 Å². The first-order chi connectivity index (χ1) is 13.1. The molecule has 0 aromatic heterocycles. The Bertz CT molecular complexity index is 799. The van der Waals surface area contributed by atoms with Gasteiger partial charge in [-0.1, -0.05) is 62.2 Å². The number of benzene rings is 2. The van der Waals surface area contributed by atoms with Crippen LogP contribution in [-0.2, 0) is 22.7 Å². The summed E-state index contributed by atoms with van der Waals surface area (Å²) in [6, 6.07) is 14.7. The minimum atomic E-state index is -0.416. The molecule has 142 valence electrons. The van der Waals surface area contributed by atoms with Crippen molar-refractivity contribution in [1.82, 2.24) is 0 Å². The Labute approximate surface area is 161 Å². The molecule has 0 spiro atoms. The fraction of sp³-hybridized carbons (Fsp3) is 0.375. The molecular weight excluding hydrogens is 336 g/mol. The average Bonchev–Trinajstić information content (AvgIpc) is 2.72. The summed E-state index contributed by atoms with van der Waals surface area (Å²) in [7, 11) is 0. The van der Waals surface area contributed by atoms with Gasteiger partial charge in [0, 0.05) is 5.57 Å². The summed E-state index contributed by atoms with van der Waals surface area (Å²) in [5.74, 6) is 0.280. The molecule has 0 radical (unpaired) electrons. The van der Waals surface area contributed by atoms with Crippen molar-refractivity contribution in [1.29, 1.82) is 0 Å². The van der Waals surface area contributed by atoms with E-state index in [0.717, 1.165) is 22.3 Å². The van der Waals surface area contributed by atoms with Crippen molar-refractivity contribution >= 4 is 5.97 Å². The van der Waals surface area contributed by atoms with E-state index in [4.69, 9.17) is 4.74 Å². The number of ether oxygens (including phenoxy) is 1. The lowest BCUT2D eigenvalue weighted by molar-refractivity contribution is -0.140. The van der Waals surface area contributed by atoms with Crippen LogP contribution in [0.3, 0.4) is 0 Å². The van der Waals surface area contributed by atoms with Crippen molar-refractivity contribution < 1.29 is 14.6 Å². The van der Waals surface area contributed by atoms with Gasteiger partial charge in [-0.25, -0.2) is 4.79 Å². The molecule has 0 saturated heterocycles. The Kier molecular flexibility index (Phi) is 6.46. The van der Waals surface area contributed by atoms with Gasteiger partial charge in [0.15, 0.2) is 0 Å². The van der Waals surface area contributed by atoms with Gasteiger partial charge in [-0.05, 0) is 59.6 Å².